The van der Waals surface area contributed by atoms with Gasteiger partial charge in [-0.15, -0.1) is 0 Å². The summed E-state index contributed by atoms with van der Waals surface area (Å²) in [7, 11) is 0. The Hall–Kier alpha value is -1.37. The average molecular weight is 342 g/mol. The molecule has 1 heterocycles. The average Bonchev–Trinajstić information content (AvgIpc) is 2.29. The molecule has 0 saturated heterocycles. The van der Waals surface area contributed by atoms with Gasteiger partial charge in [0.15, 0.2) is 0 Å². The highest BCUT2D eigenvalue weighted by Crippen LogP contribution is 2.12. The first-order chi connectivity index (χ1) is 8.13. The van der Waals surface area contributed by atoms with Crippen LogP contribution in [0.5, 0.6) is 0 Å². The molecule has 1 amide bonds. The van der Waals surface area contributed by atoms with E-state index >= 15 is 0 Å². The third-order valence-electron chi connectivity index (χ3n) is 2.42. The fraction of sp³-hybridized carbons (Fsp3) is 0.167. The van der Waals surface area contributed by atoms with E-state index in [1.807, 2.05) is 19.1 Å². The van der Waals surface area contributed by atoms with E-state index in [0.29, 0.717) is 11.9 Å². The van der Waals surface area contributed by atoms with Crippen LogP contribution in [0.15, 0.2) is 29.2 Å². The van der Waals surface area contributed by atoms with E-state index in [2.05, 4.69) is 32.9 Å². The van der Waals surface area contributed by atoms with Gasteiger partial charge in [0.05, 0.1) is 5.52 Å². The van der Waals surface area contributed by atoms with Crippen LogP contribution in [0.4, 0.5) is 0 Å². The van der Waals surface area contributed by atoms with E-state index < -0.39 is 0 Å². The SMILES string of the molecule is CCNC(=O)c1c[nH]c2cc(I)ccc2c1=O. The molecule has 0 spiro atoms. The summed E-state index contributed by atoms with van der Waals surface area (Å²) in [4.78, 5) is 26.7. The summed E-state index contributed by atoms with van der Waals surface area (Å²) in [6.45, 7) is 2.32. The fourth-order valence-corrected chi connectivity index (χ4v) is 2.11. The molecule has 0 unspecified atom stereocenters. The van der Waals surface area contributed by atoms with Crippen LogP contribution in [0.25, 0.3) is 10.9 Å². The first-order valence-corrected chi connectivity index (χ1v) is 6.30. The Labute approximate surface area is 112 Å². The quantitative estimate of drug-likeness (QED) is 0.819. The second-order valence-electron chi connectivity index (χ2n) is 3.58. The molecule has 4 nitrogen and oxygen atoms in total. The number of fused-ring (bicyclic) bond motifs is 1. The second-order valence-corrected chi connectivity index (χ2v) is 4.83. The molecular weight excluding hydrogens is 331 g/mol. The van der Waals surface area contributed by atoms with Crippen LogP contribution in [-0.4, -0.2) is 17.4 Å². The third-order valence-corrected chi connectivity index (χ3v) is 3.10. The molecule has 0 radical (unpaired) electrons. The van der Waals surface area contributed by atoms with Crippen LogP contribution in [0.1, 0.15) is 17.3 Å². The summed E-state index contributed by atoms with van der Waals surface area (Å²) in [5, 5.41) is 3.15. The number of rotatable bonds is 2. The van der Waals surface area contributed by atoms with Gasteiger partial charge in [0.1, 0.15) is 5.56 Å². The van der Waals surface area contributed by atoms with Gasteiger partial charge < -0.3 is 10.3 Å². The van der Waals surface area contributed by atoms with E-state index in [9.17, 15) is 9.59 Å². The number of benzene rings is 1. The molecule has 2 N–H and O–H groups in total. The maximum absolute atomic E-state index is 12.1. The molecule has 88 valence electrons. The number of aromatic nitrogens is 1. The minimum atomic E-state index is -0.339. The zero-order chi connectivity index (χ0) is 12.4. The van der Waals surface area contributed by atoms with Crippen LogP contribution < -0.4 is 10.7 Å². The first-order valence-electron chi connectivity index (χ1n) is 5.22. The highest BCUT2D eigenvalue weighted by atomic mass is 127. The number of hydrogen-bond donors (Lipinski definition) is 2. The number of carbonyl (C=O) groups excluding carboxylic acids is 1. The molecule has 2 aromatic rings. The van der Waals surface area contributed by atoms with Crippen LogP contribution in [0, 0.1) is 3.57 Å². The van der Waals surface area contributed by atoms with Crippen LogP contribution in [-0.2, 0) is 0 Å². The summed E-state index contributed by atoms with van der Waals surface area (Å²) < 4.78 is 1.04. The third kappa shape index (κ3) is 2.33. The Kier molecular flexibility index (Phi) is 3.46. The molecule has 0 aliphatic rings. The molecular formula is C12H11IN2O2. The lowest BCUT2D eigenvalue weighted by atomic mass is 10.1. The highest BCUT2D eigenvalue weighted by Gasteiger charge is 2.11. The van der Waals surface area contributed by atoms with Gasteiger partial charge in [0, 0.05) is 21.7 Å². The van der Waals surface area contributed by atoms with Crippen LogP contribution in [0.2, 0.25) is 0 Å². The predicted octanol–water partition coefficient (Wildman–Crippen LogP) is 1.88. The predicted molar refractivity (Wildman–Crippen MR) is 75.3 cm³/mol. The van der Waals surface area contributed by atoms with Crippen molar-refractivity contribution in [1.82, 2.24) is 10.3 Å². The van der Waals surface area contributed by atoms with Crippen molar-refractivity contribution in [3.8, 4) is 0 Å². The number of amides is 1. The summed E-state index contributed by atoms with van der Waals surface area (Å²) in [5.41, 5.74) is 0.664. The Morgan fingerprint density at radius 2 is 2.24 bits per heavy atom. The molecule has 0 aliphatic heterocycles. The zero-order valence-corrected chi connectivity index (χ0v) is 11.4. The van der Waals surface area contributed by atoms with Gasteiger partial charge in [0.2, 0.25) is 5.43 Å². The first kappa shape index (κ1) is 12.1. The van der Waals surface area contributed by atoms with Crippen molar-refractivity contribution < 1.29 is 4.79 Å². The lowest BCUT2D eigenvalue weighted by molar-refractivity contribution is 0.0954. The fourth-order valence-electron chi connectivity index (χ4n) is 1.62. The van der Waals surface area contributed by atoms with E-state index in [4.69, 9.17) is 0 Å². The van der Waals surface area contributed by atoms with Crippen LogP contribution >= 0.6 is 22.6 Å². The normalized spacial score (nSPS) is 10.5. The van der Waals surface area contributed by atoms with Crippen molar-refractivity contribution in [2.75, 3.05) is 6.54 Å². The van der Waals surface area contributed by atoms with Gasteiger partial charge in [-0.1, -0.05) is 0 Å². The number of nitrogens with one attached hydrogen (secondary N) is 2. The van der Waals surface area contributed by atoms with E-state index in [-0.39, 0.29) is 16.9 Å². The highest BCUT2D eigenvalue weighted by molar-refractivity contribution is 14.1. The van der Waals surface area contributed by atoms with Gasteiger partial charge in [-0.2, -0.15) is 0 Å². The monoisotopic (exact) mass is 342 g/mol. The molecule has 0 fully saturated rings. The van der Waals surface area contributed by atoms with Crippen LogP contribution in [0.3, 0.4) is 0 Å². The molecule has 1 aromatic heterocycles. The Morgan fingerprint density at radius 1 is 1.47 bits per heavy atom. The minimum absolute atomic E-state index is 0.153. The maximum atomic E-state index is 12.1. The molecule has 1 aromatic carbocycles. The van der Waals surface area contributed by atoms with Gasteiger partial charge in [-0.05, 0) is 47.7 Å². The summed E-state index contributed by atoms with van der Waals surface area (Å²) in [6.07, 6.45) is 1.46. The van der Waals surface area contributed by atoms with Gasteiger partial charge >= 0.3 is 0 Å². The molecule has 2 rings (SSSR count). The van der Waals surface area contributed by atoms with Gasteiger partial charge in [0.25, 0.3) is 5.91 Å². The molecule has 5 heteroatoms. The number of H-pyrrole nitrogens is 1. The molecule has 0 aliphatic carbocycles. The minimum Gasteiger partial charge on any atom is -0.360 e. The number of pyridine rings is 1. The van der Waals surface area contributed by atoms with Crippen molar-refractivity contribution in [3.05, 3.63) is 43.8 Å². The van der Waals surface area contributed by atoms with E-state index in [0.717, 1.165) is 9.09 Å². The van der Waals surface area contributed by atoms with E-state index in [1.54, 1.807) is 6.07 Å². The van der Waals surface area contributed by atoms with E-state index in [1.165, 1.54) is 6.20 Å². The zero-order valence-electron chi connectivity index (χ0n) is 9.21. The smallest absolute Gasteiger partial charge is 0.256 e. The molecule has 0 saturated carbocycles. The lowest BCUT2D eigenvalue weighted by Crippen LogP contribution is -2.28. The summed E-state index contributed by atoms with van der Waals surface area (Å²) >= 11 is 2.17. The Bertz CT molecular complexity index is 634. The van der Waals surface area contributed by atoms with Crippen molar-refractivity contribution in [3.63, 3.8) is 0 Å². The van der Waals surface area contributed by atoms with Crippen molar-refractivity contribution in [1.29, 1.82) is 0 Å². The number of carbonyl (C=O) groups is 1. The van der Waals surface area contributed by atoms with Crippen molar-refractivity contribution in [2.45, 2.75) is 6.92 Å². The topological polar surface area (TPSA) is 62.0 Å². The Balaban J connectivity index is 2.62. The maximum Gasteiger partial charge on any atom is 0.256 e. The lowest BCUT2D eigenvalue weighted by Gasteiger charge is -2.03. The molecule has 0 atom stereocenters. The van der Waals surface area contributed by atoms with Crippen molar-refractivity contribution >= 4 is 39.4 Å². The largest absolute Gasteiger partial charge is 0.360 e. The standard InChI is InChI=1S/C12H11IN2O2/c1-2-14-12(17)9-6-15-10-5-7(13)3-4-8(10)11(9)16/h3-6H,2H2,1H3,(H,14,17)(H,15,16). The Morgan fingerprint density at radius 3 is 2.94 bits per heavy atom. The summed E-state index contributed by atoms with van der Waals surface area (Å²) in [5.74, 6) is -0.339. The number of hydrogen-bond acceptors (Lipinski definition) is 2. The number of aromatic amines is 1. The molecule has 17 heavy (non-hydrogen) atoms. The van der Waals surface area contributed by atoms with Crippen molar-refractivity contribution in [2.24, 2.45) is 0 Å². The molecule has 0 bridgehead atoms. The number of halogens is 1. The van der Waals surface area contributed by atoms with Gasteiger partial charge in [-0.25, -0.2) is 0 Å². The summed E-state index contributed by atoms with van der Waals surface area (Å²) in [6, 6.07) is 5.46. The second kappa shape index (κ2) is 4.87. The van der Waals surface area contributed by atoms with Gasteiger partial charge in [-0.3, -0.25) is 9.59 Å².